The third-order valence-corrected chi connectivity index (χ3v) is 10.4. The molecule has 3 heterocycles. The van der Waals surface area contributed by atoms with E-state index >= 15 is 0 Å². The molecule has 1 atom stereocenters. The van der Waals surface area contributed by atoms with E-state index in [2.05, 4.69) is 25.1 Å². The topological polar surface area (TPSA) is 109 Å². The molecule has 0 saturated carbocycles. The van der Waals surface area contributed by atoms with E-state index in [0.29, 0.717) is 30.3 Å². The van der Waals surface area contributed by atoms with Crippen LogP contribution >= 0.6 is 11.3 Å². The van der Waals surface area contributed by atoms with Crippen molar-refractivity contribution in [3.05, 3.63) is 104 Å². The molecule has 2 aliphatic rings. The van der Waals surface area contributed by atoms with Crippen molar-refractivity contribution in [3.63, 3.8) is 0 Å². The normalized spacial score (nSPS) is 17.7. The van der Waals surface area contributed by atoms with Crippen molar-refractivity contribution >= 4 is 37.9 Å². The van der Waals surface area contributed by atoms with Crippen molar-refractivity contribution in [3.8, 4) is 11.3 Å². The van der Waals surface area contributed by atoms with E-state index in [4.69, 9.17) is 10.1 Å². The van der Waals surface area contributed by atoms with E-state index in [1.807, 2.05) is 23.4 Å². The maximum Gasteiger partial charge on any atom is 0.269 e. The molecule has 210 valence electrons. The van der Waals surface area contributed by atoms with Crippen molar-refractivity contribution in [2.24, 2.45) is 5.10 Å². The Labute approximate surface area is 243 Å². The number of nitro groups is 1. The number of rotatable bonds is 7. The van der Waals surface area contributed by atoms with Gasteiger partial charge in [-0.15, -0.1) is 11.3 Å². The summed E-state index contributed by atoms with van der Waals surface area (Å²) in [6, 6.07) is 19.5. The molecule has 0 amide bonds. The number of hydrazone groups is 1. The van der Waals surface area contributed by atoms with Crippen LogP contribution in [0.15, 0.2) is 82.1 Å². The zero-order valence-corrected chi connectivity index (χ0v) is 24.4. The molecule has 3 aromatic carbocycles. The molecule has 4 aromatic rings. The highest BCUT2D eigenvalue weighted by atomic mass is 32.2. The monoisotopic (exact) mass is 587 g/mol. The Kier molecular flexibility index (Phi) is 7.18. The van der Waals surface area contributed by atoms with E-state index in [1.165, 1.54) is 21.7 Å². The van der Waals surface area contributed by atoms with Crippen molar-refractivity contribution in [2.75, 3.05) is 18.1 Å². The Morgan fingerprint density at radius 2 is 1.76 bits per heavy atom. The first-order chi connectivity index (χ1) is 19.7. The van der Waals surface area contributed by atoms with Gasteiger partial charge in [-0.25, -0.2) is 18.4 Å². The third kappa shape index (κ3) is 5.28. The van der Waals surface area contributed by atoms with Crippen LogP contribution in [0.25, 0.3) is 11.3 Å². The number of hydrogen-bond acceptors (Lipinski definition) is 8. The van der Waals surface area contributed by atoms with Gasteiger partial charge in [0.25, 0.3) is 5.69 Å². The van der Waals surface area contributed by atoms with Gasteiger partial charge < -0.3 is 0 Å². The minimum atomic E-state index is -3.49. The summed E-state index contributed by atoms with van der Waals surface area (Å²) < 4.78 is 27.4. The van der Waals surface area contributed by atoms with Crippen LogP contribution in [0.3, 0.4) is 0 Å². The molecule has 1 fully saturated rings. The van der Waals surface area contributed by atoms with Gasteiger partial charge in [-0.05, 0) is 56.0 Å². The predicted octanol–water partition coefficient (Wildman–Crippen LogP) is 6.48. The SMILES string of the molecule is Cc1ccc(C)c(C2=NN(c3nc(-c4ccc(S(=O)(=O)N5CCCC5)cc4)cs3)C(c3cccc([N+](=O)[O-])c3)C2)c1. The fourth-order valence-electron chi connectivity index (χ4n) is 5.38. The summed E-state index contributed by atoms with van der Waals surface area (Å²) in [6.07, 6.45) is 2.35. The first kappa shape index (κ1) is 27.3. The van der Waals surface area contributed by atoms with Crippen molar-refractivity contribution in [1.29, 1.82) is 0 Å². The molecule has 0 aliphatic carbocycles. The van der Waals surface area contributed by atoms with Gasteiger partial charge in [0.15, 0.2) is 0 Å². The molecule has 0 spiro atoms. The quantitative estimate of drug-likeness (QED) is 0.181. The van der Waals surface area contributed by atoms with Crippen LogP contribution in [-0.2, 0) is 10.0 Å². The van der Waals surface area contributed by atoms with Crippen LogP contribution in [0.4, 0.5) is 10.8 Å². The molecule has 6 rings (SSSR count). The molecule has 9 nitrogen and oxygen atoms in total. The number of aromatic nitrogens is 1. The van der Waals surface area contributed by atoms with Crippen LogP contribution in [0.1, 0.15) is 47.6 Å². The second-order valence-corrected chi connectivity index (χ2v) is 13.2. The zero-order valence-electron chi connectivity index (χ0n) is 22.7. The number of anilines is 1. The Morgan fingerprint density at radius 3 is 2.49 bits per heavy atom. The molecular formula is C30H29N5O4S2. The molecule has 1 unspecified atom stereocenters. The smallest absolute Gasteiger partial charge is 0.258 e. The molecular weight excluding hydrogens is 558 g/mol. The molecule has 1 saturated heterocycles. The van der Waals surface area contributed by atoms with Gasteiger partial charge in [0.2, 0.25) is 15.2 Å². The van der Waals surface area contributed by atoms with E-state index in [1.54, 1.807) is 36.4 Å². The van der Waals surface area contributed by atoms with Crippen LogP contribution in [0.2, 0.25) is 0 Å². The molecule has 11 heteroatoms. The first-order valence-corrected chi connectivity index (χ1v) is 15.8. The van der Waals surface area contributed by atoms with Crippen molar-refractivity contribution < 1.29 is 13.3 Å². The number of hydrogen-bond donors (Lipinski definition) is 0. The highest BCUT2D eigenvalue weighted by molar-refractivity contribution is 7.89. The highest BCUT2D eigenvalue weighted by Crippen LogP contribution is 2.40. The molecule has 1 aromatic heterocycles. The Bertz CT molecular complexity index is 1760. The molecule has 41 heavy (non-hydrogen) atoms. The third-order valence-electron chi connectivity index (χ3n) is 7.62. The Hall–Kier alpha value is -3.93. The van der Waals surface area contributed by atoms with Gasteiger partial charge in [0.1, 0.15) is 0 Å². The zero-order chi connectivity index (χ0) is 28.7. The number of nitro benzene ring substituents is 1. The maximum absolute atomic E-state index is 12.9. The number of benzene rings is 3. The van der Waals surface area contributed by atoms with Crippen LogP contribution in [0, 0.1) is 24.0 Å². The van der Waals surface area contributed by atoms with Crippen LogP contribution in [0.5, 0.6) is 0 Å². The van der Waals surface area contributed by atoms with Gasteiger partial charge in [-0.2, -0.15) is 9.41 Å². The number of thiazole rings is 1. The first-order valence-electron chi connectivity index (χ1n) is 13.5. The van der Waals surface area contributed by atoms with Crippen molar-refractivity contribution in [2.45, 2.75) is 44.0 Å². The summed E-state index contributed by atoms with van der Waals surface area (Å²) in [5.41, 5.74) is 6.53. The van der Waals surface area contributed by atoms with Crippen LogP contribution in [-0.4, -0.2) is 41.4 Å². The summed E-state index contributed by atoms with van der Waals surface area (Å²) in [7, 11) is -3.49. The van der Waals surface area contributed by atoms with Gasteiger partial charge in [-0.3, -0.25) is 10.1 Å². The summed E-state index contributed by atoms with van der Waals surface area (Å²) in [4.78, 5) is 16.3. The number of non-ortho nitro benzene ring substituents is 1. The van der Waals surface area contributed by atoms with Crippen LogP contribution < -0.4 is 5.01 Å². The van der Waals surface area contributed by atoms with E-state index in [0.717, 1.165) is 46.4 Å². The fourth-order valence-corrected chi connectivity index (χ4v) is 7.73. The summed E-state index contributed by atoms with van der Waals surface area (Å²) in [5.74, 6) is 0. The van der Waals surface area contributed by atoms with Gasteiger partial charge >= 0.3 is 0 Å². The summed E-state index contributed by atoms with van der Waals surface area (Å²) in [5, 5.41) is 21.0. The minimum absolute atomic E-state index is 0.0337. The van der Waals surface area contributed by atoms with E-state index in [9.17, 15) is 18.5 Å². The second kappa shape index (κ2) is 10.8. The lowest BCUT2D eigenvalue weighted by Crippen LogP contribution is -2.27. The minimum Gasteiger partial charge on any atom is -0.258 e. The fraction of sp³-hybridized carbons (Fsp3) is 0.267. The predicted molar refractivity (Wildman–Crippen MR) is 161 cm³/mol. The van der Waals surface area contributed by atoms with E-state index < -0.39 is 10.0 Å². The molecule has 0 N–H and O–H groups in total. The number of sulfonamides is 1. The average Bonchev–Trinajstić information content (AvgIpc) is 3.76. The molecule has 0 radical (unpaired) electrons. The lowest BCUT2D eigenvalue weighted by atomic mass is 9.95. The summed E-state index contributed by atoms with van der Waals surface area (Å²) >= 11 is 1.43. The van der Waals surface area contributed by atoms with E-state index in [-0.39, 0.29) is 21.5 Å². The average molecular weight is 588 g/mol. The largest absolute Gasteiger partial charge is 0.269 e. The van der Waals surface area contributed by atoms with Gasteiger partial charge in [0.05, 0.1) is 27.3 Å². The standard InChI is InChI=1S/C30H29N5O4S2/c1-20-8-9-21(2)26(16-20)27-18-29(23-6-5-7-24(17-23)35(36)37)34(32-27)30-31-28(19-40-30)22-10-12-25(13-11-22)41(38,39)33-14-3-4-15-33/h5-13,16-17,19,29H,3-4,14-15,18H2,1-2H3. The Balaban J connectivity index is 1.34. The number of nitrogens with zero attached hydrogens (tertiary/aromatic N) is 5. The maximum atomic E-state index is 12.9. The highest BCUT2D eigenvalue weighted by Gasteiger charge is 2.33. The van der Waals surface area contributed by atoms with Crippen molar-refractivity contribution in [1.82, 2.24) is 9.29 Å². The number of aryl methyl sites for hydroxylation is 2. The lowest BCUT2D eigenvalue weighted by molar-refractivity contribution is -0.384. The Morgan fingerprint density at radius 1 is 1.00 bits per heavy atom. The summed E-state index contributed by atoms with van der Waals surface area (Å²) in [6.45, 7) is 5.22. The van der Waals surface area contributed by atoms with Gasteiger partial charge in [-0.1, -0.05) is 42.0 Å². The lowest BCUT2D eigenvalue weighted by Gasteiger charge is -2.21. The second-order valence-electron chi connectivity index (χ2n) is 10.4. The van der Waals surface area contributed by atoms with Gasteiger partial charge in [0, 0.05) is 48.2 Å². The molecule has 2 aliphatic heterocycles. The molecule has 0 bridgehead atoms.